The van der Waals surface area contributed by atoms with E-state index < -0.39 is 11.5 Å². The molecule has 1 amide bonds. The second-order valence-corrected chi connectivity index (χ2v) is 7.45. The molecule has 1 heterocycles. The first-order valence-corrected chi connectivity index (χ1v) is 9.41. The molecule has 1 saturated carbocycles. The van der Waals surface area contributed by atoms with Crippen molar-refractivity contribution in [2.24, 2.45) is 11.0 Å². The third-order valence-corrected chi connectivity index (χ3v) is 5.70. The maximum absolute atomic E-state index is 12.6. The predicted molar refractivity (Wildman–Crippen MR) is 102 cm³/mol. The van der Waals surface area contributed by atoms with E-state index in [-0.39, 0.29) is 5.91 Å². The summed E-state index contributed by atoms with van der Waals surface area (Å²) in [6.45, 7) is 4.98. The Hall–Kier alpha value is -2.37. The van der Waals surface area contributed by atoms with Crippen LogP contribution in [0, 0.1) is 5.92 Å². The number of carbonyl (C=O) groups excluding carboxylic acids is 1. The van der Waals surface area contributed by atoms with Gasteiger partial charge in [-0.25, -0.2) is 4.79 Å². The van der Waals surface area contributed by atoms with Crippen LogP contribution in [0.5, 0.6) is 0 Å². The average Bonchev–Trinajstić information content (AvgIpc) is 3.08. The summed E-state index contributed by atoms with van der Waals surface area (Å²) in [6, 6.07) is 7.19. The smallest absolute Gasteiger partial charge is 0.329 e. The van der Waals surface area contributed by atoms with E-state index in [1.54, 1.807) is 12.1 Å². The molecule has 6 heteroatoms. The van der Waals surface area contributed by atoms with E-state index in [4.69, 9.17) is 0 Å². The van der Waals surface area contributed by atoms with Crippen molar-refractivity contribution < 1.29 is 14.7 Å². The summed E-state index contributed by atoms with van der Waals surface area (Å²) in [5.41, 5.74) is 1.37. The minimum atomic E-state index is -1.14. The highest BCUT2D eigenvalue weighted by Gasteiger charge is 2.43. The van der Waals surface area contributed by atoms with E-state index in [1.165, 1.54) is 0 Å². The van der Waals surface area contributed by atoms with Crippen LogP contribution in [0.2, 0.25) is 0 Å². The van der Waals surface area contributed by atoms with Gasteiger partial charge < -0.3 is 10.4 Å². The summed E-state index contributed by atoms with van der Waals surface area (Å²) in [5, 5.41) is 18.9. The third kappa shape index (κ3) is 3.74. The van der Waals surface area contributed by atoms with Crippen LogP contribution in [0.4, 0.5) is 5.69 Å². The molecule has 1 fully saturated rings. The molecule has 3 rings (SSSR count). The van der Waals surface area contributed by atoms with Crippen LogP contribution in [0.15, 0.2) is 29.4 Å². The van der Waals surface area contributed by atoms with Crippen LogP contribution in [0.3, 0.4) is 0 Å². The van der Waals surface area contributed by atoms with Gasteiger partial charge in [-0.2, -0.15) is 5.10 Å². The SMILES string of the molecule is CCC1CCC(NC(=O)c2ccc(N3CCC(C)=N3)cc2)(C(=O)O)CC1. The van der Waals surface area contributed by atoms with Crippen LogP contribution in [-0.2, 0) is 4.79 Å². The van der Waals surface area contributed by atoms with Crippen molar-refractivity contribution in [3.05, 3.63) is 29.8 Å². The number of rotatable bonds is 5. The van der Waals surface area contributed by atoms with Crippen LogP contribution in [0.25, 0.3) is 0 Å². The van der Waals surface area contributed by atoms with Gasteiger partial charge in [0.25, 0.3) is 5.91 Å². The van der Waals surface area contributed by atoms with E-state index in [2.05, 4.69) is 17.3 Å². The van der Waals surface area contributed by atoms with Gasteiger partial charge in [0.1, 0.15) is 5.54 Å². The summed E-state index contributed by atoms with van der Waals surface area (Å²) in [7, 11) is 0. The van der Waals surface area contributed by atoms with Gasteiger partial charge in [0.05, 0.1) is 5.69 Å². The monoisotopic (exact) mass is 357 g/mol. The van der Waals surface area contributed by atoms with Crippen molar-refractivity contribution >= 4 is 23.3 Å². The topological polar surface area (TPSA) is 82.0 Å². The lowest BCUT2D eigenvalue weighted by molar-refractivity contribution is -0.146. The predicted octanol–water partition coefficient (Wildman–Crippen LogP) is 3.43. The van der Waals surface area contributed by atoms with Gasteiger partial charge in [-0.3, -0.25) is 9.80 Å². The number of carboxylic acid groups (broad SMARTS) is 1. The number of anilines is 1. The van der Waals surface area contributed by atoms with Gasteiger partial charge in [0.15, 0.2) is 0 Å². The minimum Gasteiger partial charge on any atom is -0.480 e. The maximum atomic E-state index is 12.6. The summed E-state index contributed by atoms with van der Waals surface area (Å²) in [4.78, 5) is 24.5. The van der Waals surface area contributed by atoms with Crippen LogP contribution < -0.4 is 10.3 Å². The first kappa shape index (κ1) is 18.4. The molecule has 1 aliphatic heterocycles. The zero-order valence-corrected chi connectivity index (χ0v) is 15.5. The normalized spacial score (nSPS) is 25.7. The number of hydrazone groups is 1. The summed E-state index contributed by atoms with van der Waals surface area (Å²) in [5.74, 6) is -0.697. The number of hydrogen-bond donors (Lipinski definition) is 2. The molecule has 2 aliphatic rings. The number of aliphatic carboxylic acids is 1. The Balaban J connectivity index is 1.69. The van der Waals surface area contributed by atoms with Gasteiger partial charge in [-0.05, 0) is 62.8 Å². The Morgan fingerprint density at radius 1 is 1.27 bits per heavy atom. The minimum absolute atomic E-state index is 0.324. The van der Waals surface area contributed by atoms with E-state index in [0.29, 0.717) is 24.3 Å². The molecule has 2 N–H and O–H groups in total. The number of nitrogens with zero attached hydrogens (tertiary/aromatic N) is 2. The zero-order valence-electron chi connectivity index (χ0n) is 15.5. The second-order valence-electron chi connectivity index (χ2n) is 7.45. The molecule has 0 radical (unpaired) electrons. The van der Waals surface area contributed by atoms with Gasteiger partial charge in [-0.1, -0.05) is 13.3 Å². The molecule has 26 heavy (non-hydrogen) atoms. The molecule has 140 valence electrons. The molecule has 0 aromatic heterocycles. The largest absolute Gasteiger partial charge is 0.480 e. The summed E-state index contributed by atoms with van der Waals surface area (Å²) < 4.78 is 0. The van der Waals surface area contributed by atoms with Crippen molar-refractivity contribution in [2.45, 2.75) is 57.9 Å². The number of amides is 1. The van der Waals surface area contributed by atoms with Gasteiger partial charge in [0, 0.05) is 24.2 Å². The summed E-state index contributed by atoms with van der Waals surface area (Å²) >= 11 is 0. The van der Waals surface area contributed by atoms with Crippen molar-refractivity contribution in [3.63, 3.8) is 0 Å². The van der Waals surface area contributed by atoms with Gasteiger partial charge in [0.2, 0.25) is 0 Å². The lowest BCUT2D eigenvalue weighted by Crippen LogP contribution is -2.56. The molecule has 0 atom stereocenters. The highest BCUT2D eigenvalue weighted by molar-refractivity contribution is 5.98. The van der Waals surface area contributed by atoms with Crippen LogP contribution in [0.1, 0.15) is 62.7 Å². The molecule has 0 unspecified atom stereocenters. The molecule has 0 saturated heterocycles. The first-order chi connectivity index (χ1) is 12.4. The molecule has 1 aromatic carbocycles. The fraction of sp³-hybridized carbons (Fsp3) is 0.550. The maximum Gasteiger partial charge on any atom is 0.329 e. The van der Waals surface area contributed by atoms with E-state index in [1.807, 2.05) is 24.1 Å². The molecular weight excluding hydrogens is 330 g/mol. The van der Waals surface area contributed by atoms with Crippen LogP contribution in [-0.4, -0.2) is 34.8 Å². The second kappa shape index (κ2) is 7.48. The van der Waals surface area contributed by atoms with E-state index in [0.717, 1.165) is 43.6 Å². The highest BCUT2D eigenvalue weighted by atomic mass is 16.4. The van der Waals surface area contributed by atoms with Gasteiger partial charge >= 0.3 is 5.97 Å². The van der Waals surface area contributed by atoms with Crippen molar-refractivity contribution in [1.29, 1.82) is 0 Å². The number of benzene rings is 1. The lowest BCUT2D eigenvalue weighted by Gasteiger charge is -2.37. The Bertz CT molecular complexity index is 704. The van der Waals surface area contributed by atoms with Gasteiger partial charge in [-0.15, -0.1) is 0 Å². The van der Waals surface area contributed by atoms with E-state index >= 15 is 0 Å². The molecule has 0 bridgehead atoms. The van der Waals surface area contributed by atoms with E-state index in [9.17, 15) is 14.7 Å². The molecule has 1 aromatic rings. The molecular formula is C20H27N3O3. The number of carboxylic acids is 1. The standard InChI is InChI=1S/C20H27N3O3/c1-3-15-8-11-20(12-9-15,19(25)26)21-18(24)16-4-6-17(7-5-16)23-13-10-14(2)22-23/h4-7,15H,3,8-13H2,1-2H3,(H,21,24)(H,25,26). The lowest BCUT2D eigenvalue weighted by atomic mass is 9.75. The Labute approximate surface area is 154 Å². The molecule has 0 spiro atoms. The fourth-order valence-electron chi connectivity index (χ4n) is 3.81. The van der Waals surface area contributed by atoms with Crippen LogP contribution >= 0.6 is 0 Å². The number of hydrogen-bond acceptors (Lipinski definition) is 4. The number of nitrogens with one attached hydrogen (secondary N) is 1. The Kier molecular flexibility index (Phi) is 5.30. The first-order valence-electron chi connectivity index (χ1n) is 9.41. The third-order valence-electron chi connectivity index (χ3n) is 5.70. The Morgan fingerprint density at radius 3 is 2.42 bits per heavy atom. The van der Waals surface area contributed by atoms with Crippen molar-refractivity contribution in [3.8, 4) is 0 Å². The highest BCUT2D eigenvalue weighted by Crippen LogP contribution is 2.34. The van der Waals surface area contributed by atoms with Crippen molar-refractivity contribution in [1.82, 2.24) is 5.32 Å². The Morgan fingerprint density at radius 2 is 1.92 bits per heavy atom. The molecule has 6 nitrogen and oxygen atoms in total. The average molecular weight is 357 g/mol. The fourth-order valence-corrected chi connectivity index (χ4v) is 3.81. The quantitative estimate of drug-likeness (QED) is 0.846. The molecule has 1 aliphatic carbocycles. The number of carbonyl (C=O) groups is 2. The summed E-state index contributed by atoms with van der Waals surface area (Å²) in [6.07, 6.45) is 4.67. The zero-order chi connectivity index (χ0) is 18.7. The van der Waals surface area contributed by atoms with Crippen molar-refractivity contribution in [2.75, 3.05) is 11.6 Å².